The van der Waals surface area contributed by atoms with E-state index >= 15 is 0 Å². The molecule has 0 saturated carbocycles. The molecule has 0 aliphatic heterocycles. The lowest BCUT2D eigenvalue weighted by atomic mass is 10.1. The Kier molecular flexibility index (Phi) is 10.6. The van der Waals surface area contributed by atoms with E-state index in [9.17, 15) is 4.79 Å². The summed E-state index contributed by atoms with van der Waals surface area (Å²) < 4.78 is 0. The predicted octanol–water partition coefficient (Wildman–Crippen LogP) is 5.36. The van der Waals surface area contributed by atoms with Crippen LogP contribution in [-0.4, -0.2) is 16.1 Å². The van der Waals surface area contributed by atoms with Crippen molar-refractivity contribution in [2.24, 2.45) is 0 Å². The number of nitrogens with zero attached hydrogens (tertiary/aromatic N) is 2. The minimum Gasteiger partial charge on any atom is -0.300 e. The van der Waals surface area contributed by atoms with Gasteiger partial charge in [0.2, 0.25) is 11.0 Å². The quantitative estimate of drug-likeness (QED) is 0.658. The summed E-state index contributed by atoms with van der Waals surface area (Å²) in [5.74, 6) is -0.0754. The largest absolute Gasteiger partial charge is 0.300 e. The molecule has 5 heteroatoms. The monoisotopic (exact) mass is 369 g/mol. The van der Waals surface area contributed by atoms with E-state index < -0.39 is 0 Å². The number of aromatic nitrogens is 2. The highest BCUT2D eigenvalue weighted by Crippen LogP contribution is 2.18. The third-order valence-corrected chi connectivity index (χ3v) is 3.96. The number of amides is 1. The molecule has 138 valence electrons. The highest BCUT2D eigenvalue weighted by molar-refractivity contribution is 7.15. The molecule has 0 saturated heterocycles. The predicted molar refractivity (Wildman–Crippen MR) is 111 cm³/mol. The maximum Gasteiger partial charge on any atom is 0.230 e. The first-order chi connectivity index (χ1) is 12.8. The standard InChI is InChI=1S/C17H15N3OS.2C2H6/c21-15(11-13-7-3-1-4-8-13)18-17-20-19-16(22-17)12-14-9-5-2-6-10-14;2*1-2/h1-10H,11-12H2,(H,18,20,21);2*1-2H3. The van der Waals surface area contributed by atoms with Gasteiger partial charge in [-0.3, -0.25) is 4.79 Å². The van der Waals surface area contributed by atoms with Crippen LogP contribution in [-0.2, 0) is 17.6 Å². The SMILES string of the molecule is CC.CC.O=C(Cc1ccccc1)Nc1nnc(Cc2ccccc2)s1. The first kappa shape index (κ1) is 21.5. The maximum atomic E-state index is 12.0. The minimum absolute atomic E-state index is 0.0754. The van der Waals surface area contributed by atoms with Gasteiger partial charge in [0.1, 0.15) is 5.01 Å². The maximum absolute atomic E-state index is 12.0. The van der Waals surface area contributed by atoms with Crippen molar-refractivity contribution in [3.63, 3.8) is 0 Å². The molecule has 0 spiro atoms. The number of anilines is 1. The Morgan fingerprint density at radius 3 is 1.96 bits per heavy atom. The van der Waals surface area contributed by atoms with Gasteiger partial charge in [-0.25, -0.2) is 0 Å². The molecule has 0 aliphatic rings. The second-order valence-electron chi connectivity index (χ2n) is 4.87. The van der Waals surface area contributed by atoms with E-state index in [0.717, 1.165) is 17.0 Å². The van der Waals surface area contributed by atoms with Crippen molar-refractivity contribution in [2.45, 2.75) is 40.5 Å². The van der Waals surface area contributed by atoms with Crippen LogP contribution in [0, 0.1) is 0 Å². The van der Waals surface area contributed by atoms with E-state index in [0.29, 0.717) is 11.6 Å². The normalized spacial score (nSPS) is 9.23. The summed E-state index contributed by atoms with van der Waals surface area (Å²) in [4.78, 5) is 12.0. The van der Waals surface area contributed by atoms with Gasteiger partial charge in [-0.2, -0.15) is 0 Å². The number of benzene rings is 2. The van der Waals surface area contributed by atoms with Gasteiger partial charge in [-0.15, -0.1) is 10.2 Å². The zero-order valence-electron chi connectivity index (χ0n) is 15.9. The fraction of sp³-hybridized carbons (Fsp3) is 0.286. The van der Waals surface area contributed by atoms with Gasteiger partial charge < -0.3 is 5.32 Å². The average molecular weight is 370 g/mol. The first-order valence-corrected chi connectivity index (χ1v) is 9.81. The molecular weight excluding hydrogens is 342 g/mol. The molecule has 4 nitrogen and oxygen atoms in total. The van der Waals surface area contributed by atoms with E-state index in [2.05, 4.69) is 27.6 Å². The summed E-state index contributed by atoms with van der Waals surface area (Å²) >= 11 is 1.41. The molecule has 1 amide bonds. The van der Waals surface area contributed by atoms with Crippen LogP contribution >= 0.6 is 11.3 Å². The molecule has 0 aliphatic carbocycles. The lowest BCUT2D eigenvalue weighted by molar-refractivity contribution is -0.115. The van der Waals surface area contributed by atoms with Crippen molar-refractivity contribution in [3.8, 4) is 0 Å². The second kappa shape index (κ2) is 12.8. The third-order valence-electron chi connectivity index (χ3n) is 3.12. The Labute approximate surface area is 160 Å². The van der Waals surface area contributed by atoms with Crippen LogP contribution in [0.15, 0.2) is 60.7 Å². The molecule has 26 heavy (non-hydrogen) atoms. The van der Waals surface area contributed by atoms with Gasteiger partial charge in [0.25, 0.3) is 0 Å². The van der Waals surface area contributed by atoms with Gasteiger partial charge in [0, 0.05) is 6.42 Å². The Morgan fingerprint density at radius 2 is 1.38 bits per heavy atom. The second-order valence-corrected chi connectivity index (χ2v) is 5.94. The highest BCUT2D eigenvalue weighted by atomic mass is 32.1. The summed E-state index contributed by atoms with van der Waals surface area (Å²) in [6.45, 7) is 8.00. The van der Waals surface area contributed by atoms with Crippen molar-refractivity contribution >= 4 is 22.4 Å². The minimum atomic E-state index is -0.0754. The van der Waals surface area contributed by atoms with Crippen molar-refractivity contribution in [2.75, 3.05) is 5.32 Å². The molecule has 1 aromatic heterocycles. The van der Waals surface area contributed by atoms with Gasteiger partial charge in [0.05, 0.1) is 6.42 Å². The van der Waals surface area contributed by atoms with Gasteiger partial charge >= 0.3 is 0 Å². The first-order valence-electron chi connectivity index (χ1n) is 9.00. The fourth-order valence-electron chi connectivity index (χ4n) is 2.09. The molecule has 1 heterocycles. The van der Waals surface area contributed by atoms with E-state index in [4.69, 9.17) is 0 Å². The third kappa shape index (κ3) is 7.57. The van der Waals surface area contributed by atoms with Crippen LogP contribution in [0.4, 0.5) is 5.13 Å². The number of carbonyl (C=O) groups is 1. The van der Waals surface area contributed by atoms with Gasteiger partial charge in [-0.05, 0) is 11.1 Å². The number of carbonyl (C=O) groups excluding carboxylic acids is 1. The van der Waals surface area contributed by atoms with Crippen molar-refractivity contribution < 1.29 is 4.79 Å². The Hall–Kier alpha value is -2.53. The van der Waals surface area contributed by atoms with E-state index in [-0.39, 0.29) is 5.91 Å². The number of nitrogens with one attached hydrogen (secondary N) is 1. The summed E-state index contributed by atoms with van der Waals surface area (Å²) in [7, 11) is 0. The van der Waals surface area contributed by atoms with Crippen LogP contribution in [0.3, 0.4) is 0 Å². The lowest BCUT2D eigenvalue weighted by Gasteiger charge is -2.00. The Morgan fingerprint density at radius 1 is 0.846 bits per heavy atom. The van der Waals surface area contributed by atoms with Crippen LogP contribution in [0.2, 0.25) is 0 Å². The summed E-state index contributed by atoms with van der Waals surface area (Å²) in [5, 5.41) is 12.4. The molecule has 2 aromatic carbocycles. The van der Waals surface area contributed by atoms with E-state index in [1.54, 1.807) is 0 Å². The summed E-state index contributed by atoms with van der Waals surface area (Å²) in [5.41, 5.74) is 2.16. The molecule has 0 bridgehead atoms. The number of hydrogen-bond donors (Lipinski definition) is 1. The number of rotatable bonds is 5. The van der Waals surface area contributed by atoms with Crippen LogP contribution in [0.5, 0.6) is 0 Å². The van der Waals surface area contributed by atoms with E-state index in [1.165, 1.54) is 16.9 Å². The molecule has 0 unspecified atom stereocenters. The zero-order valence-corrected chi connectivity index (χ0v) is 16.7. The zero-order chi connectivity index (χ0) is 19.2. The average Bonchev–Trinajstić information content (AvgIpc) is 3.13. The Balaban J connectivity index is 0.000000791. The summed E-state index contributed by atoms with van der Waals surface area (Å²) in [6, 6.07) is 19.7. The molecule has 3 aromatic rings. The molecule has 0 radical (unpaired) electrons. The Bertz CT molecular complexity index is 742. The summed E-state index contributed by atoms with van der Waals surface area (Å²) in [6.07, 6.45) is 1.07. The van der Waals surface area contributed by atoms with Gasteiger partial charge in [0.15, 0.2) is 0 Å². The molecule has 1 N–H and O–H groups in total. The van der Waals surface area contributed by atoms with Crippen LogP contribution in [0.25, 0.3) is 0 Å². The van der Waals surface area contributed by atoms with Crippen molar-refractivity contribution in [1.29, 1.82) is 0 Å². The van der Waals surface area contributed by atoms with Crippen molar-refractivity contribution in [3.05, 3.63) is 76.8 Å². The molecular formula is C21H27N3OS. The van der Waals surface area contributed by atoms with Gasteiger partial charge in [-0.1, -0.05) is 99.7 Å². The van der Waals surface area contributed by atoms with Crippen molar-refractivity contribution in [1.82, 2.24) is 10.2 Å². The lowest BCUT2D eigenvalue weighted by Crippen LogP contribution is -2.14. The van der Waals surface area contributed by atoms with Crippen LogP contribution in [0.1, 0.15) is 43.8 Å². The molecule has 0 atom stereocenters. The molecule has 3 rings (SSSR count). The molecule has 0 fully saturated rings. The van der Waals surface area contributed by atoms with E-state index in [1.807, 2.05) is 76.2 Å². The fourth-order valence-corrected chi connectivity index (χ4v) is 2.88. The smallest absolute Gasteiger partial charge is 0.230 e. The highest BCUT2D eigenvalue weighted by Gasteiger charge is 2.09. The topological polar surface area (TPSA) is 54.9 Å². The number of hydrogen-bond acceptors (Lipinski definition) is 4. The van der Waals surface area contributed by atoms with Crippen LogP contribution < -0.4 is 5.32 Å².